The van der Waals surface area contributed by atoms with E-state index < -0.39 is 47.9 Å². The summed E-state index contributed by atoms with van der Waals surface area (Å²) in [6.07, 6.45) is 3.63. The molecular weight excluding hydrogens is 532 g/mol. The first-order valence-electron chi connectivity index (χ1n) is 12.8. The van der Waals surface area contributed by atoms with E-state index in [2.05, 4.69) is 38.5 Å². The van der Waals surface area contributed by atoms with Gasteiger partial charge in [0.1, 0.15) is 18.1 Å². The van der Waals surface area contributed by atoms with Gasteiger partial charge in [0.2, 0.25) is 17.7 Å². The summed E-state index contributed by atoms with van der Waals surface area (Å²) in [7, 11) is 0. The molecule has 40 heavy (non-hydrogen) atoms. The molecule has 0 bridgehead atoms. The Balaban J connectivity index is 1.48. The van der Waals surface area contributed by atoms with Gasteiger partial charge in [-0.3, -0.25) is 14.4 Å². The number of carboxylic acids is 1. The highest BCUT2D eigenvalue weighted by Gasteiger charge is 2.30. The normalized spacial score (nSPS) is 14.3. The van der Waals surface area contributed by atoms with Crippen molar-refractivity contribution >= 4 is 58.1 Å². The zero-order chi connectivity index (χ0) is 28.8. The number of fused-ring (bicyclic) bond motifs is 2. The minimum atomic E-state index is -1.24. The second-order valence-electron chi connectivity index (χ2n) is 9.62. The number of thiol groups is 1. The van der Waals surface area contributed by atoms with Crippen LogP contribution in [-0.2, 0) is 32.0 Å². The van der Waals surface area contributed by atoms with Gasteiger partial charge < -0.3 is 36.8 Å². The first-order chi connectivity index (χ1) is 19.2. The van der Waals surface area contributed by atoms with Crippen molar-refractivity contribution in [3.8, 4) is 0 Å². The zero-order valence-corrected chi connectivity index (χ0v) is 22.7. The number of aromatic nitrogens is 2. The molecule has 8 N–H and O–H groups in total. The van der Waals surface area contributed by atoms with E-state index in [1.807, 2.05) is 48.5 Å². The Morgan fingerprint density at radius 1 is 0.775 bits per heavy atom. The number of para-hydroxylation sites is 2. The Morgan fingerprint density at radius 2 is 1.23 bits per heavy atom. The molecule has 4 atom stereocenters. The largest absolute Gasteiger partial charge is 0.480 e. The van der Waals surface area contributed by atoms with Crippen LogP contribution < -0.4 is 21.7 Å². The number of nitrogens with two attached hydrogens (primary N) is 1. The summed E-state index contributed by atoms with van der Waals surface area (Å²) in [6, 6.07) is 10.7. The van der Waals surface area contributed by atoms with E-state index in [4.69, 9.17) is 5.73 Å². The molecular formula is C28H32N6O5S. The zero-order valence-electron chi connectivity index (χ0n) is 21.8. The molecule has 0 spiro atoms. The van der Waals surface area contributed by atoms with Crippen LogP contribution >= 0.6 is 12.6 Å². The topological polar surface area (TPSA) is 182 Å². The molecule has 0 aliphatic heterocycles. The number of rotatable bonds is 12. The Kier molecular flexibility index (Phi) is 9.12. The summed E-state index contributed by atoms with van der Waals surface area (Å²) in [4.78, 5) is 57.1. The van der Waals surface area contributed by atoms with E-state index in [-0.39, 0.29) is 18.6 Å². The molecule has 3 amide bonds. The average Bonchev–Trinajstić information content (AvgIpc) is 3.54. The molecule has 0 saturated heterocycles. The molecule has 4 aromatic rings. The van der Waals surface area contributed by atoms with Crippen molar-refractivity contribution in [1.82, 2.24) is 25.9 Å². The maximum atomic E-state index is 13.3. The molecule has 4 rings (SSSR count). The van der Waals surface area contributed by atoms with E-state index in [1.165, 1.54) is 6.92 Å². The number of amides is 3. The van der Waals surface area contributed by atoms with E-state index >= 15 is 0 Å². The SMILES string of the molecule is CC(N)C(=O)NC(Cc1c[nH]c2ccccc12)C(=O)NC(CS)C(=O)NC(Cc1c[nH]c2ccccc12)C(=O)O. The third kappa shape index (κ3) is 6.64. The van der Waals surface area contributed by atoms with Gasteiger partial charge in [0, 0.05) is 52.8 Å². The van der Waals surface area contributed by atoms with Gasteiger partial charge in [-0.2, -0.15) is 12.6 Å². The average molecular weight is 565 g/mol. The molecule has 0 aliphatic carbocycles. The molecule has 0 fully saturated rings. The lowest BCUT2D eigenvalue weighted by molar-refractivity contribution is -0.142. The first kappa shape index (κ1) is 28.7. The number of carbonyl (C=O) groups is 4. The molecule has 210 valence electrons. The summed E-state index contributed by atoms with van der Waals surface area (Å²) < 4.78 is 0. The third-order valence-corrected chi connectivity index (χ3v) is 7.04. The van der Waals surface area contributed by atoms with Gasteiger partial charge in [-0.15, -0.1) is 0 Å². The summed E-state index contributed by atoms with van der Waals surface area (Å²) in [6.45, 7) is 1.50. The monoisotopic (exact) mass is 564 g/mol. The fourth-order valence-corrected chi connectivity index (χ4v) is 4.75. The standard InChI is InChI=1S/C28H32N6O5S/c1-15(29)25(35)32-22(10-16-12-30-20-8-4-2-6-18(16)20)26(36)34-24(14-40)27(37)33-23(28(38)39)11-17-13-31-21-9-5-3-7-19(17)21/h2-9,12-13,15,22-24,30-31,40H,10-11,14,29H2,1H3,(H,32,35)(H,33,37)(H,34,36)(H,38,39). The van der Waals surface area contributed by atoms with E-state index in [9.17, 15) is 24.3 Å². The summed E-state index contributed by atoms with van der Waals surface area (Å²) >= 11 is 4.21. The minimum absolute atomic E-state index is 0.0337. The van der Waals surface area contributed by atoms with Gasteiger partial charge in [-0.25, -0.2) is 4.79 Å². The smallest absolute Gasteiger partial charge is 0.326 e. The quantitative estimate of drug-likeness (QED) is 0.120. The van der Waals surface area contributed by atoms with Crippen molar-refractivity contribution in [1.29, 1.82) is 0 Å². The van der Waals surface area contributed by atoms with Crippen LogP contribution in [0.25, 0.3) is 21.8 Å². The summed E-state index contributed by atoms with van der Waals surface area (Å²) in [5, 5.41) is 19.3. The lowest BCUT2D eigenvalue weighted by Gasteiger charge is -2.24. The van der Waals surface area contributed by atoms with Crippen LogP contribution in [-0.4, -0.2) is 68.7 Å². The van der Waals surface area contributed by atoms with Crippen LogP contribution in [0.2, 0.25) is 0 Å². The van der Waals surface area contributed by atoms with Crippen LogP contribution in [0.4, 0.5) is 0 Å². The number of hydrogen-bond donors (Lipinski definition) is 8. The number of nitrogens with one attached hydrogen (secondary N) is 5. The van der Waals surface area contributed by atoms with E-state index in [1.54, 1.807) is 12.4 Å². The second kappa shape index (κ2) is 12.7. The minimum Gasteiger partial charge on any atom is -0.480 e. The van der Waals surface area contributed by atoms with Gasteiger partial charge in [0.25, 0.3) is 0 Å². The number of carboxylic acid groups (broad SMARTS) is 1. The maximum absolute atomic E-state index is 13.3. The van der Waals surface area contributed by atoms with Crippen molar-refractivity contribution in [2.75, 3.05) is 5.75 Å². The van der Waals surface area contributed by atoms with Crippen molar-refractivity contribution in [3.05, 3.63) is 72.1 Å². The van der Waals surface area contributed by atoms with Crippen LogP contribution in [0.1, 0.15) is 18.1 Å². The van der Waals surface area contributed by atoms with Crippen LogP contribution in [0.5, 0.6) is 0 Å². The highest BCUT2D eigenvalue weighted by Crippen LogP contribution is 2.20. The van der Waals surface area contributed by atoms with Gasteiger partial charge in [-0.05, 0) is 30.2 Å². The maximum Gasteiger partial charge on any atom is 0.326 e. The van der Waals surface area contributed by atoms with Crippen molar-refractivity contribution < 1.29 is 24.3 Å². The molecule has 2 aromatic carbocycles. The van der Waals surface area contributed by atoms with Gasteiger partial charge in [0.05, 0.1) is 6.04 Å². The molecule has 0 radical (unpaired) electrons. The Hall–Kier alpha value is -4.29. The van der Waals surface area contributed by atoms with Crippen LogP contribution in [0, 0.1) is 0 Å². The van der Waals surface area contributed by atoms with Crippen molar-refractivity contribution in [3.63, 3.8) is 0 Å². The number of H-pyrrole nitrogens is 2. The Bertz CT molecular complexity index is 1530. The molecule has 2 aromatic heterocycles. The number of hydrogen-bond acceptors (Lipinski definition) is 6. The van der Waals surface area contributed by atoms with Crippen molar-refractivity contribution in [2.45, 2.75) is 43.9 Å². The Morgan fingerprint density at radius 3 is 1.73 bits per heavy atom. The predicted molar refractivity (Wildman–Crippen MR) is 155 cm³/mol. The van der Waals surface area contributed by atoms with E-state index in [0.29, 0.717) is 0 Å². The Labute approximate surface area is 235 Å². The number of aromatic amines is 2. The molecule has 0 saturated carbocycles. The lowest BCUT2D eigenvalue weighted by Crippen LogP contribution is -2.58. The van der Waals surface area contributed by atoms with Crippen LogP contribution in [0.15, 0.2) is 60.9 Å². The fraction of sp³-hybridized carbons (Fsp3) is 0.286. The number of benzene rings is 2. The molecule has 2 heterocycles. The molecule has 4 unspecified atom stereocenters. The highest BCUT2D eigenvalue weighted by atomic mass is 32.1. The van der Waals surface area contributed by atoms with Gasteiger partial charge in [-0.1, -0.05) is 36.4 Å². The first-order valence-corrected chi connectivity index (χ1v) is 13.4. The summed E-state index contributed by atoms with van der Waals surface area (Å²) in [5.41, 5.74) is 8.95. The highest BCUT2D eigenvalue weighted by molar-refractivity contribution is 7.80. The fourth-order valence-electron chi connectivity index (χ4n) is 4.49. The van der Waals surface area contributed by atoms with Gasteiger partial charge >= 0.3 is 5.97 Å². The van der Waals surface area contributed by atoms with E-state index in [0.717, 1.165) is 32.9 Å². The second-order valence-corrected chi connectivity index (χ2v) is 9.99. The number of aliphatic carboxylic acids is 1. The lowest BCUT2D eigenvalue weighted by atomic mass is 10.0. The number of carbonyl (C=O) groups excluding carboxylic acids is 3. The van der Waals surface area contributed by atoms with Crippen LogP contribution in [0.3, 0.4) is 0 Å². The molecule has 11 nitrogen and oxygen atoms in total. The third-order valence-electron chi connectivity index (χ3n) is 6.67. The predicted octanol–water partition coefficient (Wildman–Crippen LogP) is 1.25. The molecule has 0 aliphatic rings. The molecule has 12 heteroatoms. The summed E-state index contributed by atoms with van der Waals surface area (Å²) in [5.74, 6) is -3.18. The van der Waals surface area contributed by atoms with Gasteiger partial charge in [0.15, 0.2) is 0 Å². The van der Waals surface area contributed by atoms with Crippen molar-refractivity contribution in [2.24, 2.45) is 5.73 Å².